The Labute approximate surface area is 113 Å². The van der Waals surface area contributed by atoms with Crippen LogP contribution in [0.25, 0.3) is 0 Å². The molecule has 6 heteroatoms. The van der Waals surface area contributed by atoms with Crippen LogP contribution in [-0.2, 0) is 14.3 Å². The number of esters is 1. The van der Waals surface area contributed by atoms with Gasteiger partial charge in [0.2, 0.25) is 5.91 Å². The highest BCUT2D eigenvalue weighted by Gasteiger charge is 2.26. The lowest BCUT2D eigenvalue weighted by atomic mass is 10.2. The van der Waals surface area contributed by atoms with Crippen LogP contribution in [0.4, 0.5) is 5.69 Å². The molecule has 5 nitrogen and oxygen atoms in total. The Bertz CT molecular complexity index is 447. The third-order valence-electron chi connectivity index (χ3n) is 2.57. The van der Waals surface area contributed by atoms with Crippen molar-refractivity contribution in [3.63, 3.8) is 0 Å². The highest BCUT2D eigenvalue weighted by atomic mass is 79.9. The predicted molar refractivity (Wildman–Crippen MR) is 70.1 cm³/mol. The molecule has 1 atom stereocenters. The molecule has 1 unspecified atom stereocenters. The lowest BCUT2D eigenvalue weighted by molar-refractivity contribution is -0.139. The summed E-state index contributed by atoms with van der Waals surface area (Å²) in [4.78, 5) is 22.8. The van der Waals surface area contributed by atoms with E-state index < -0.39 is 0 Å². The van der Waals surface area contributed by atoms with E-state index >= 15 is 0 Å². The fourth-order valence-corrected chi connectivity index (χ4v) is 1.90. The summed E-state index contributed by atoms with van der Waals surface area (Å²) in [6.07, 6.45) is 0.615. The van der Waals surface area contributed by atoms with E-state index in [1.54, 1.807) is 12.1 Å². The van der Waals surface area contributed by atoms with E-state index in [4.69, 9.17) is 4.74 Å². The molecule has 0 bridgehead atoms. The number of nitrogens with one attached hydrogen (secondary N) is 2. The Kier molecular flexibility index (Phi) is 4.33. The second kappa shape index (κ2) is 5.97. The number of hydrogen-bond acceptors (Lipinski definition) is 4. The van der Waals surface area contributed by atoms with E-state index in [2.05, 4.69) is 26.6 Å². The quantitative estimate of drug-likeness (QED) is 0.822. The minimum absolute atomic E-state index is 0.0931. The maximum Gasteiger partial charge on any atom is 0.323 e. The molecule has 2 N–H and O–H groups in total. The first-order valence-electron chi connectivity index (χ1n) is 5.60. The molecule has 18 heavy (non-hydrogen) atoms. The fourth-order valence-electron chi connectivity index (χ4n) is 1.64. The number of carbonyl (C=O) groups is 2. The van der Waals surface area contributed by atoms with Crippen LogP contribution >= 0.6 is 15.9 Å². The number of anilines is 1. The van der Waals surface area contributed by atoms with Crippen LogP contribution < -0.4 is 10.6 Å². The van der Waals surface area contributed by atoms with Crippen molar-refractivity contribution in [2.24, 2.45) is 0 Å². The molecule has 0 aliphatic carbocycles. The first kappa shape index (κ1) is 13.0. The summed E-state index contributed by atoms with van der Waals surface area (Å²) in [5, 5.41) is 5.60. The Morgan fingerprint density at radius 1 is 1.39 bits per heavy atom. The van der Waals surface area contributed by atoms with Gasteiger partial charge in [0, 0.05) is 16.6 Å². The number of amides is 1. The van der Waals surface area contributed by atoms with Crippen LogP contribution in [-0.4, -0.2) is 31.1 Å². The van der Waals surface area contributed by atoms with Crippen molar-refractivity contribution in [3.05, 3.63) is 28.7 Å². The van der Waals surface area contributed by atoms with Gasteiger partial charge in [-0.05, 0) is 24.3 Å². The Morgan fingerprint density at radius 2 is 2.11 bits per heavy atom. The van der Waals surface area contributed by atoms with Gasteiger partial charge in [0.25, 0.3) is 0 Å². The summed E-state index contributed by atoms with van der Waals surface area (Å²) in [5.41, 5.74) is 0.721. The zero-order valence-corrected chi connectivity index (χ0v) is 11.2. The Balaban J connectivity index is 1.78. The van der Waals surface area contributed by atoms with Gasteiger partial charge in [-0.25, -0.2) is 0 Å². The average molecular weight is 313 g/mol. The maximum atomic E-state index is 11.6. The predicted octanol–water partition coefficient (Wildman–Crippen LogP) is 1.29. The molecule has 0 aromatic heterocycles. The highest BCUT2D eigenvalue weighted by molar-refractivity contribution is 9.10. The fraction of sp³-hybridized carbons (Fsp3) is 0.333. The third kappa shape index (κ3) is 3.54. The number of hydrogen-bond donors (Lipinski definition) is 2. The van der Waals surface area contributed by atoms with Crippen molar-refractivity contribution in [1.82, 2.24) is 5.32 Å². The zero-order chi connectivity index (χ0) is 13.0. The second-order valence-electron chi connectivity index (χ2n) is 3.94. The number of ether oxygens (including phenoxy) is 1. The molecule has 1 aromatic carbocycles. The SMILES string of the molecule is O=C(CNC1CCOC1=O)Nc1ccc(Br)cc1. The van der Waals surface area contributed by atoms with Gasteiger partial charge in [0.05, 0.1) is 13.2 Å². The summed E-state index contributed by atoms with van der Waals surface area (Å²) < 4.78 is 5.74. The van der Waals surface area contributed by atoms with Gasteiger partial charge in [-0.15, -0.1) is 0 Å². The van der Waals surface area contributed by atoms with Gasteiger partial charge in [-0.3, -0.25) is 14.9 Å². The zero-order valence-electron chi connectivity index (χ0n) is 9.61. The summed E-state index contributed by atoms with van der Waals surface area (Å²) in [7, 11) is 0. The molecule has 1 heterocycles. The van der Waals surface area contributed by atoms with Crippen molar-refractivity contribution < 1.29 is 14.3 Å². The second-order valence-corrected chi connectivity index (χ2v) is 4.86. The Morgan fingerprint density at radius 3 is 2.72 bits per heavy atom. The summed E-state index contributed by atoms with van der Waals surface area (Å²) in [5.74, 6) is -0.469. The largest absolute Gasteiger partial charge is 0.464 e. The highest BCUT2D eigenvalue weighted by Crippen LogP contribution is 2.13. The summed E-state index contributed by atoms with van der Waals surface area (Å²) in [6, 6.07) is 6.92. The van der Waals surface area contributed by atoms with E-state index in [-0.39, 0.29) is 24.5 Å². The van der Waals surface area contributed by atoms with Crippen molar-refractivity contribution in [2.75, 3.05) is 18.5 Å². The number of cyclic esters (lactones) is 1. The lowest BCUT2D eigenvalue weighted by Gasteiger charge is -2.09. The number of benzene rings is 1. The first-order valence-corrected chi connectivity index (χ1v) is 6.40. The monoisotopic (exact) mass is 312 g/mol. The first-order chi connectivity index (χ1) is 8.65. The van der Waals surface area contributed by atoms with Gasteiger partial charge >= 0.3 is 5.97 Å². The van der Waals surface area contributed by atoms with E-state index in [1.165, 1.54) is 0 Å². The molecule has 1 aromatic rings. The molecule has 1 fully saturated rings. The molecule has 1 amide bonds. The van der Waals surface area contributed by atoms with Crippen molar-refractivity contribution in [1.29, 1.82) is 0 Å². The van der Waals surface area contributed by atoms with E-state index in [9.17, 15) is 9.59 Å². The Hall–Kier alpha value is -1.40. The van der Waals surface area contributed by atoms with E-state index in [1.807, 2.05) is 12.1 Å². The van der Waals surface area contributed by atoms with E-state index in [0.29, 0.717) is 13.0 Å². The molecular weight excluding hydrogens is 300 g/mol. The molecular formula is C12H13BrN2O3. The van der Waals surface area contributed by atoms with Crippen LogP contribution in [0.15, 0.2) is 28.7 Å². The van der Waals surface area contributed by atoms with Gasteiger partial charge in [0.15, 0.2) is 0 Å². The molecule has 1 aliphatic rings. The molecule has 0 spiro atoms. The minimum atomic E-state index is -0.360. The lowest BCUT2D eigenvalue weighted by Crippen LogP contribution is -2.38. The summed E-state index contributed by atoms with van der Waals surface area (Å²) >= 11 is 3.32. The van der Waals surface area contributed by atoms with Gasteiger partial charge in [-0.1, -0.05) is 15.9 Å². The molecule has 1 aliphatic heterocycles. The van der Waals surface area contributed by atoms with Crippen molar-refractivity contribution in [2.45, 2.75) is 12.5 Å². The van der Waals surface area contributed by atoms with Crippen LogP contribution in [0.3, 0.4) is 0 Å². The van der Waals surface area contributed by atoms with Crippen molar-refractivity contribution >= 4 is 33.5 Å². The van der Waals surface area contributed by atoms with Gasteiger partial charge in [-0.2, -0.15) is 0 Å². The van der Waals surface area contributed by atoms with Crippen LogP contribution in [0.1, 0.15) is 6.42 Å². The number of carbonyl (C=O) groups excluding carboxylic acids is 2. The standard InChI is InChI=1S/C12H13BrN2O3/c13-8-1-3-9(4-2-8)15-11(16)7-14-10-5-6-18-12(10)17/h1-4,10,14H,5-7H2,(H,15,16). The number of halogens is 1. The third-order valence-corrected chi connectivity index (χ3v) is 3.10. The molecule has 96 valence electrons. The van der Waals surface area contributed by atoms with Crippen LogP contribution in [0.5, 0.6) is 0 Å². The van der Waals surface area contributed by atoms with Crippen LogP contribution in [0.2, 0.25) is 0 Å². The van der Waals surface area contributed by atoms with Crippen molar-refractivity contribution in [3.8, 4) is 0 Å². The van der Waals surface area contributed by atoms with E-state index in [0.717, 1.165) is 10.2 Å². The molecule has 0 saturated carbocycles. The topological polar surface area (TPSA) is 67.4 Å². The maximum absolute atomic E-state index is 11.6. The van der Waals surface area contributed by atoms with Gasteiger partial charge < -0.3 is 10.1 Å². The smallest absolute Gasteiger partial charge is 0.323 e. The van der Waals surface area contributed by atoms with Gasteiger partial charge in [0.1, 0.15) is 6.04 Å². The average Bonchev–Trinajstić information content (AvgIpc) is 2.75. The number of rotatable bonds is 4. The molecule has 2 rings (SSSR count). The summed E-state index contributed by atoms with van der Waals surface area (Å²) in [6.45, 7) is 0.515. The van der Waals surface area contributed by atoms with Crippen LogP contribution in [0, 0.1) is 0 Å². The minimum Gasteiger partial charge on any atom is -0.464 e. The molecule has 1 saturated heterocycles. The normalized spacial score (nSPS) is 18.5. The molecule has 0 radical (unpaired) electrons.